The molecule has 2 aromatic heterocycles. The van der Waals surface area contributed by atoms with Crippen LogP contribution < -0.4 is 0 Å². The molecule has 0 N–H and O–H groups in total. The van der Waals surface area contributed by atoms with Crippen molar-refractivity contribution >= 4 is 86.6 Å². The summed E-state index contributed by atoms with van der Waals surface area (Å²) >= 11 is 0. The topological polar surface area (TPSA) is 30.7 Å². The SMILES string of the molecule is c1ccc2c(c1)cc(-c1nc(-n3c4ccccc4c4c5ccc6ccc7ccccc7c6c5ccc43)nc3ccccc13)c1ccccc12. The van der Waals surface area contributed by atoms with Crippen LogP contribution in [0.1, 0.15) is 0 Å². The quantitative estimate of drug-likeness (QED) is 0.180. The summed E-state index contributed by atoms with van der Waals surface area (Å²) in [5.41, 5.74) is 5.15. The molecule has 0 unspecified atom stereocenters. The zero-order chi connectivity index (χ0) is 32.1. The van der Waals surface area contributed by atoms with Crippen LogP contribution in [0.5, 0.6) is 0 Å². The highest BCUT2D eigenvalue weighted by atomic mass is 15.2. The van der Waals surface area contributed by atoms with Gasteiger partial charge in [0.1, 0.15) is 0 Å². The Kier molecular flexibility index (Phi) is 5.38. The van der Waals surface area contributed by atoms with Gasteiger partial charge in [0.2, 0.25) is 5.95 Å². The second-order valence-corrected chi connectivity index (χ2v) is 12.9. The van der Waals surface area contributed by atoms with E-state index in [0.717, 1.165) is 33.2 Å². The van der Waals surface area contributed by atoms with E-state index in [0.29, 0.717) is 5.95 Å². The van der Waals surface area contributed by atoms with Gasteiger partial charge in [0.15, 0.2) is 0 Å². The molecule has 0 fully saturated rings. The van der Waals surface area contributed by atoms with Gasteiger partial charge in [-0.15, -0.1) is 0 Å². The van der Waals surface area contributed by atoms with Crippen molar-refractivity contribution in [1.82, 2.24) is 14.5 Å². The summed E-state index contributed by atoms with van der Waals surface area (Å²) in [7, 11) is 0. The predicted molar refractivity (Wildman–Crippen MR) is 207 cm³/mol. The molecule has 49 heavy (non-hydrogen) atoms. The van der Waals surface area contributed by atoms with Crippen molar-refractivity contribution < 1.29 is 0 Å². The molecule has 3 heteroatoms. The number of fused-ring (bicyclic) bond motifs is 13. The number of para-hydroxylation sites is 2. The molecule has 0 aliphatic carbocycles. The molecule has 11 aromatic rings. The van der Waals surface area contributed by atoms with Gasteiger partial charge in [0.25, 0.3) is 0 Å². The van der Waals surface area contributed by atoms with E-state index in [1.54, 1.807) is 0 Å². The smallest absolute Gasteiger partial charge is 0.235 e. The molecule has 0 saturated heterocycles. The molecular weight excluding hydrogens is 595 g/mol. The average molecular weight is 622 g/mol. The number of aromatic nitrogens is 3. The van der Waals surface area contributed by atoms with Gasteiger partial charge in [-0.2, -0.15) is 0 Å². The highest BCUT2D eigenvalue weighted by Crippen LogP contribution is 2.42. The second kappa shape index (κ2) is 9.96. The molecule has 3 nitrogen and oxygen atoms in total. The minimum absolute atomic E-state index is 0.669. The first-order valence-electron chi connectivity index (χ1n) is 16.8. The van der Waals surface area contributed by atoms with Gasteiger partial charge >= 0.3 is 0 Å². The Morgan fingerprint density at radius 3 is 1.84 bits per heavy atom. The third-order valence-corrected chi connectivity index (χ3v) is 10.4. The lowest BCUT2D eigenvalue weighted by atomic mass is 9.94. The second-order valence-electron chi connectivity index (χ2n) is 12.9. The maximum atomic E-state index is 5.49. The molecule has 11 rings (SSSR count). The maximum absolute atomic E-state index is 5.49. The third-order valence-electron chi connectivity index (χ3n) is 10.4. The summed E-state index contributed by atoms with van der Waals surface area (Å²) in [5.74, 6) is 0.669. The van der Waals surface area contributed by atoms with Gasteiger partial charge in [-0.3, -0.25) is 4.57 Å². The Bertz CT molecular complexity index is 3170. The molecule has 0 bridgehead atoms. The Labute approximate surface area is 281 Å². The largest absolute Gasteiger partial charge is 0.278 e. The van der Waals surface area contributed by atoms with Crippen LogP contribution in [0.4, 0.5) is 0 Å². The minimum atomic E-state index is 0.669. The lowest BCUT2D eigenvalue weighted by molar-refractivity contribution is 1.01. The van der Waals surface area contributed by atoms with Crippen LogP contribution in [0, 0.1) is 0 Å². The van der Waals surface area contributed by atoms with E-state index in [4.69, 9.17) is 9.97 Å². The van der Waals surface area contributed by atoms with Gasteiger partial charge in [-0.05, 0) is 78.1 Å². The van der Waals surface area contributed by atoms with E-state index in [2.05, 4.69) is 168 Å². The summed E-state index contributed by atoms with van der Waals surface area (Å²) in [4.78, 5) is 10.8. The average Bonchev–Trinajstić information content (AvgIpc) is 3.51. The van der Waals surface area contributed by atoms with Crippen LogP contribution in [0.3, 0.4) is 0 Å². The van der Waals surface area contributed by atoms with Crippen molar-refractivity contribution in [2.24, 2.45) is 0 Å². The molecule has 2 heterocycles. The first-order valence-corrected chi connectivity index (χ1v) is 16.8. The monoisotopic (exact) mass is 621 g/mol. The minimum Gasteiger partial charge on any atom is -0.278 e. The molecule has 226 valence electrons. The van der Waals surface area contributed by atoms with Gasteiger partial charge in [0.05, 0.1) is 22.2 Å². The molecule has 0 amide bonds. The van der Waals surface area contributed by atoms with Crippen LogP contribution >= 0.6 is 0 Å². The van der Waals surface area contributed by atoms with Crippen molar-refractivity contribution in [2.45, 2.75) is 0 Å². The van der Waals surface area contributed by atoms with Crippen molar-refractivity contribution in [3.05, 3.63) is 164 Å². The fraction of sp³-hybridized carbons (Fsp3) is 0. The third kappa shape index (κ3) is 3.73. The lowest BCUT2D eigenvalue weighted by Crippen LogP contribution is -2.03. The fourth-order valence-corrected chi connectivity index (χ4v) is 8.21. The van der Waals surface area contributed by atoms with Crippen molar-refractivity contribution in [3.8, 4) is 17.2 Å². The van der Waals surface area contributed by atoms with Crippen molar-refractivity contribution in [2.75, 3.05) is 0 Å². The van der Waals surface area contributed by atoms with Crippen LogP contribution in [0.25, 0.3) is 104 Å². The van der Waals surface area contributed by atoms with Crippen LogP contribution in [0.15, 0.2) is 164 Å². The summed E-state index contributed by atoms with van der Waals surface area (Å²) in [6.07, 6.45) is 0. The molecule has 9 aromatic carbocycles. The highest BCUT2D eigenvalue weighted by molar-refractivity contribution is 6.29. The number of nitrogens with zero attached hydrogens (tertiary/aromatic N) is 3. The normalized spacial score (nSPS) is 12.1. The van der Waals surface area contributed by atoms with E-state index in [1.165, 1.54) is 64.6 Å². The number of benzene rings is 9. The highest BCUT2D eigenvalue weighted by Gasteiger charge is 2.20. The zero-order valence-electron chi connectivity index (χ0n) is 26.4. The first kappa shape index (κ1) is 26.5. The number of hydrogen-bond acceptors (Lipinski definition) is 2. The van der Waals surface area contributed by atoms with E-state index in [1.807, 2.05) is 0 Å². The Morgan fingerprint density at radius 2 is 0.959 bits per heavy atom. The Hall–Kier alpha value is -6.58. The first-order chi connectivity index (χ1) is 24.3. The van der Waals surface area contributed by atoms with Gasteiger partial charge in [-0.25, -0.2) is 9.97 Å². The van der Waals surface area contributed by atoms with E-state index in [-0.39, 0.29) is 0 Å². The number of rotatable bonds is 2. The summed E-state index contributed by atoms with van der Waals surface area (Å²) in [5, 5.41) is 15.9. The predicted octanol–water partition coefficient (Wildman–Crippen LogP) is 12.2. The van der Waals surface area contributed by atoms with Crippen LogP contribution in [-0.2, 0) is 0 Å². The molecule has 0 aliphatic heterocycles. The Balaban J connectivity index is 1.26. The summed E-state index contributed by atoms with van der Waals surface area (Å²) in [6.45, 7) is 0. The molecule has 0 radical (unpaired) electrons. The molecular formula is C46H27N3. The van der Waals surface area contributed by atoms with Gasteiger partial charge < -0.3 is 0 Å². The number of hydrogen-bond donors (Lipinski definition) is 0. The molecule has 0 aliphatic rings. The van der Waals surface area contributed by atoms with Crippen molar-refractivity contribution in [1.29, 1.82) is 0 Å². The van der Waals surface area contributed by atoms with E-state index < -0.39 is 0 Å². The zero-order valence-corrected chi connectivity index (χ0v) is 26.4. The van der Waals surface area contributed by atoms with Crippen LogP contribution in [-0.4, -0.2) is 14.5 Å². The molecule has 0 atom stereocenters. The standard InChI is InChI=1S/C46H27N3/c1-4-14-32-28(11-1)21-22-29-23-24-36-35(43(29)32)25-26-42-44(36)38-18-8-10-20-41(38)49(42)46-47-40-19-9-7-17-37(40)45(48-46)39-27-30-12-2-3-13-31(30)33-15-5-6-16-34(33)39/h1-27H. The van der Waals surface area contributed by atoms with Crippen LogP contribution in [0.2, 0.25) is 0 Å². The fourth-order valence-electron chi connectivity index (χ4n) is 8.21. The van der Waals surface area contributed by atoms with E-state index >= 15 is 0 Å². The summed E-state index contributed by atoms with van der Waals surface area (Å²) in [6, 6.07) is 59.0. The van der Waals surface area contributed by atoms with Gasteiger partial charge in [-0.1, -0.05) is 140 Å². The van der Waals surface area contributed by atoms with Crippen molar-refractivity contribution in [3.63, 3.8) is 0 Å². The summed E-state index contributed by atoms with van der Waals surface area (Å²) < 4.78 is 2.26. The molecule has 0 spiro atoms. The Morgan fingerprint density at radius 1 is 0.347 bits per heavy atom. The lowest BCUT2D eigenvalue weighted by Gasteiger charge is -2.15. The molecule has 0 saturated carbocycles. The van der Waals surface area contributed by atoms with E-state index in [9.17, 15) is 0 Å². The van der Waals surface area contributed by atoms with Gasteiger partial charge in [0, 0.05) is 21.7 Å². The maximum Gasteiger partial charge on any atom is 0.235 e.